The number of benzene rings is 3. The zero-order valence-electron chi connectivity index (χ0n) is 34.9. The van der Waals surface area contributed by atoms with Gasteiger partial charge in [0.1, 0.15) is 17.6 Å². The number of likely N-dealkylation sites (tertiary alicyclic amines) is 2. The molecule has 4 aromatic rings. The van der Waals surface area contributed by atoms with E-state index < -0.39 is 11.9 Å². The molecule has 12 nitrogen and oxygen atoms in total. The fraction of sp³-hybridized carbons (Fsp3) is 0.510. The van der Waals surface area contributed by atoms with Gasteiger partial charge in [-0.05, 0) is 112 Å². The number of piperidine rings is 3. The van der Waals surface area contributed by atoms with Crippen LogP contribution in [0.25, 0.3) is 16.6 Å². The van der Waals surface area contributed by atoms with Crippen LogP contribution in [-0.2, 0) is 31.8 Å². The molecule has 0 bridgehead atoms. The van der Waals surface area contributed by atoms with Crippen molar-refractivity contribution in [2.75, 3.05) is 32.8 Å². The first-order valence-electron chi connectivity index (χ1n) is 23.0. The predicted octanol–water partition coefficient (Wildman–Crippen LogP) is 6.27. The van der Waals surface area contributed by atoms with Crippen LogP contribution in [0.2, 0.25) is 5.02 Å². The van der Waals surface area contributed by atoms with E-state index in [2.05, 4.69) is 37.9 Å². The number of nitrogens with zero attached hydrogens (tertiary/aromatic N) is 5. The van der Waals surface area contributed by atoms with Gasteiger partial charge in [0.15, 0.2) is 0 Å². The number of hydrogen-bond acceptors (Lipinski definition) is 8. The molecule has 1 aromatic heterocycles. The average Bonchev–Trinajstić information content (AvgIpc) is 3.88. The predicted molar refractivity (Wildman–Crippen MR) is 232 cm³/mol. The molecule has 320 valence electrons. The van der Waals surface area contributed by atoms with Crippen molar-refractivity contribution in [1.82, 2.24) is 29.6 Å². The minimum absolute atomic E-state index is 0.0724. The van der Waals surface area contributed by atoms with Crippen LogP contribution in [0, 0.1) is 5.92 Å². The van der Waals surface area contributed by atoms with Crippen molar-refractivity contribution in [2.45, 2.75) is 119 Å². The molecular formula is C49H51ClN6O6. The summed E-state index contributed by atoms with van der Waals surface area (Å²) in [7, 11) is 0. The van der Waals surface area contributed by atoms with E-state index in [-0.39, 0.29) is 46.4 Å². The Morgan fingerprint density at radius 3 is 2.44 bits per heavy atom. The Morgan fingerprint density at radius 1 is 0.871 bits per heavy atom. The van der Waals surface area contributed by atoms with Gasteiger partial charge in [-0.2, -0.15) is 4.98 Å². The fourth-order valence-electron chi connectivity index (χ4n) is 12.9. The molecule has 0 unspecified atom stereocenters. The highest BCUT2D eigenvalue weighted by Gasteiger charge is 2.50. The van der Waals surface area contributed by atoms with Gasteiger partial charge in [-0.3, -0.25) is 33.9 Å². The molecule has 2 aliphatic carbocycles. The second-order valence-electron chi connectivity index (χ2n) is 19.5. The maximum absolute atomic E-state index is 13.9. The highest BCUT2D eigenvalue weighted by Crippen LogP contribution is 2.53. The van der Waals surface area contributed by atoms with Crippen molar-refractivity contribution in [3.8, 4) is 11.4 Å². The Kier molecular flexibility index (Phi) is 8.85. The summed E-state index contributed by atoms with van der Waals surface area (Å²) in [6, 6.07) is 16.4. The van der Waals surface area contributed by atoms with Gasteiger partial charge < -0.3 is 19.4 Å². The van der Waals surface area contributed by atoms with Crippen molar-refractivity contribution in [3.63, 3.8) is 0 Å². The summed E-state index contributed by atoms with van der Waals surface area (Å²) in [5, 5.41) is 3.33. The maximum Gasteiger partial charge on any atom is 0.282 e. The molecule has 4 amide bonds. The number of carbonyl (C=O) groups is 4. The van der Waals surface area contributed by atoms with E-state index in [0.29, 0.717) is 60.6 Å². The zero-order chi connectivity index (χ0) is 42.1. The normalized spacial score (nSPS) is 26.3. The second-order valence-corrected chi connectivity index (χ2v) is 19.9. The third-order valence-corrected chi connectivity index (χ3v) is 16.8. The first kappa shape index (κ1) is 38.6. The topological polar surface area (TPSA) is 134 Å². The number of ether oxygens (including phenoxy) is 1. The highest BCUT2D eigenvalue weighted by molar-refractivity contribution is 6.35. The van der Waals surface area contributed by atoms with Gasteiger partial charge in [0.25, 0.3) is 11.5 Å². The quantitative estimate of drug-likeness (QED) is 0.238. The first-order chi connectivity index (χ1) is 30.1. The van der Waals surface area contributed by atoms with Gasteiger partial charge in [-0.25, -0.2) is 0 Å². The Balaban J connectivity index is 0.674. The number of imide groups is 1. The lowest BCUT2D eigenvalue weighted by Gasteiger charge is -2.47. The summed E-state index contributed by atoms with van der Waals surface area (Å²) >= 11 is 6.58. The largest absolute Gasteiger partial charge is 0.492 e. The lowest BCUT2D eigenvalue weighted by Crippen LogP contribution is -2.54. The summed E-state index contributed by atoms with van der Waals surface area (Å²) in [5.74, 6) is 1.57. The molecule has 12 rings (SSSR count). The summed E-state index contributed by atoms with van der Waals surface area (Å²) < 4.78 is 8.60. The van der Waals surface area contributed by atoms with Crippen molar-refractivity contribution >= 4 is 46.1 Å². The van der Waals surface area contributed by atoms with Crippen molar-refractivity contribution in [1.29, 1.82) is 0 Å². The molecule has 5 fully saturated rings. The molecule has 1 atom stereocenters. The van der Waals surface area contributed by atoms with Crippen molar-refractivity contribution in [2.24, 2.45) is 5.92 Å². The molecule has 8 aliphatic rings. The molecule has 3 aromatic carbocycles. The molecule has 2 saturated carbocycles. The minimum atomic E-state index is -0.661. The number of fused-ring (bicyclic) bond motifs is 11. The van der Waals surface area contributed by atoms with Gasteiger partial charge in [-0.1, -0.05) is 55.1 Å². The Morgan fingerprint density at radius 2 is 1.66 bits per heavy atom. The molecule has 0 radical (unpaired) electrons. The van der Waals surface area contributed by atoms with Crippen LogP contribution in [0.5, 0.6) is 5.75 Å². The number of amides is 4. The number of nitrogens with one attached hydrogen (secondary N) is 1. The van der Waals surface area contributed by atoms with Gasteiger partial charge in [0.05, 0.1) is 40.2 Å². The monoisotopic (exact) mass is 854 g/mol. The van der Waals surface area contributed by atoms with Crippen molar-refractivity contribution < 1.29 is 23.9 Å². The second kappa shape index (κ2) is 14.2. The van der Waals surface area contributed by atoms with E-state index in [1.54, 1.807) is 11.0 Å². The Hall–Kier alpha value is -5.07. The van der Waals surface area contributed by atoms with Crippen LogP contribution in [0.15, 0.2) is 53.3 Å². The smallest absolute Gasteiger partial charge is 0.282 e. The summed E-state index contributed by atoms with van der Waals surface area (Å²) in [6.07, 6.45) is 11.7. The molecular weight excluding hydrogens is 804 g/mol. The van der Waals surface area contributed by atoms with Crippen LogP contribution < -0.4 is 15.6 Å². The van der Waals surface area contributed by atoms with E-state index in [4.69, 9.17) is 21.3 Å². The molecule has 62 heavy (non-hydrogen) atoms. The van der Waals surface area contributed by atoms with Gasteiger partial charge in [-0.15, -0.1) is 0 Å². The van der Waals surface area contributed by atoms with Crippen LogP contribution in [-0.4, -0.2) is 92.7 Å². The van der Waals surface area contributed by atoms with Crippen LogP contribution in [0.3, 0.4) is 0 Å². The Bertz CT molecular complexity index is 2670. The molecule has 1 N–H and O–H groups in total. The number of carbonyl (C=O) groups excluding carboxylic acids is 4. The van der Waals surface area contributed by atoms with Crippen LogP contribution in [0.4, 0.5) is 0 Å². The summed E-state index contributed by atoms with van der Waals surface area (Å²) in [4.78, 5) is 76.1. The lowest BCUT2D eigenvalue weighted by molar-refractivity contribution is -0.142. The van der Waals surface area contributed by atoms with Gasteiger partial charge in [0, 0.05) is 53.6 Å². The third kappa shape index (κ3) is 5.67. The van der Waals surface area contributed by atoms with Crippen molar-refractivity contribution in [3.05, 3.63) is 97.5 Å². The van der Waals surface area contributed by atoms with E-state index >= 15 is 0 Å². The third-order valence-electron chi connectivity index (χ3n) is 16.5. The van der Waals surface area contributed by atoms with Crippen LogP contribution >= 0.6 is 11.6 Å². The first-order valence-corrected chi connectivity index (χ1v) is 23.3. The highest BCUT2D eigenvalue weighted by atomic mass is 35.5. The van der Waals surface area contributed by atoms with Gasteiger partial charge in [0.2, 0.25) is 17.7 Å². The minimum Gasteiger partial charge on any atom is -0.492 e. The fourth-order valence-corrected chi connectivity index (χ4v) is 13.2. The van der Waals surface area contributed by atoms with Gasteiger partial charge >= 0.3 is 0 Å². The summed E-state index contributed by atoms with van der Waals surface area (Å²) in [5.41, 5.74) is 6.53. The summed E-state index contributed by atoms with van der Waals surface area (Å²) in [6.45, 7) is 4.27. The van der Waals surface area contributed by atoms with E-state index in [1.807, 2.05) is 24.3 Å². The number of hydrogen-bond donors (Lipinski definition) is 1. The molecule has 6 aliphatic heterocycles. The average molecular weight is 855 g/mol. The van der Waals surface area contributed by atoms with E-state index in [0.717, 1.165) is 111 Å². The molecule has 13 heteroatoms. The van der Waals surface area contributed by atoms with E-state index in [9.17, 15) is 24.0 Å². The Labute approximate surface area is 364 Å². The molecule has 3 saturated heterocycles. The number of rotatable bonds is 4. The SMILES string of the molecule is O=C1CC[C@H](N2Cc3c(ccc4c3OCC43CCN(C(=O)C4CC(N5CCC(c6ccc7c(c6)C6(CCCCC6)c6nc(=O)c8c(Cl)cccc8n6-7)CC5)C4)CC3)C2=O)C(=O)N1. The standard InChI is InChI=1S/C49H51ClN6O6/c50-36-5-4-6-38-41(36)44(59)52-47-49(15-2-1-3-16-49)35-25-29(7-10-37(35)56(38)47)28-13-19-53(20-14-28)31-23-30(24-31)45(60)54-21-17-48(18-22-54)27-62-42-33-26-55(39-11-12-40(57)51-43(39)58)46(61)32(33)8-9-34(42)48/h4-10,25,28,30-31,39H,1-3,11-24,26-27H2,(H,51,57,58)/t30?,31?,39-/m0/s1. The van der Waals surface area contributed by atoms with E-state index in [1.165, 1.54) is 17.5 Å². The zero-order valence-corrected chi connectivity index (χ0v) is 35.7. The number of aromatic nitrogens is 2. The lowest BCUT2D eigenvalue weighted by atomic mass is 9.69. The molecule has 7 heterocycles. The van der Waals surface area contributed by atoms with Crippen LogP contribution in [0.1, 0.15) is 128 Å². The maximum atomic E-state index is 13.9. The molecule has 2 spiro atoms. The number of halogens is 1.